The van der Waals surface area contributed by atoms with Crippen molar-refractivity contribution in [2.45, 2.75) is 27.3 Å². The van der Waals surface area contributed by atoms with E-state index in [9.17, 15) is 0 Å². The van der Waals surface area contributed by atoms with Crippen LogP contribution in [0.5, 0.6) is 0 Å². The summed E-state index contributed by atoms with van der Waals surface area (Å²) >= 11 is 0. The third kappa shape index (κ3) is 5.83. The fourth-order valence-corrected chi connectivity index (χ4v) is 1.41. The molecule has 16 heavy (non-hydrogen) atoms. The van der Waals surface area contributed by atoms with Crippen LogP contribution in [0.1, 0.15) is 25.0 Å². The Morgan fingerprint density at radius 3 is 2.88 bits per heavy atom. The second-order valence-corrected chi connectivity index (χ2v) is 4.52. The van der Waals surface area contributed by atoms with Gasteiger partial charge in [0.1, 0.15) is 0 Å². The molecular formula is C13H22N2O. The van der Waals surface area contributed by atoms with E-state index in [1.807, 2.05) is 12.4 Å². The highest BCUT2D eigenvalue weighted by molar-refractivity contribution is 5.16. The van der Waals surface area contributed by atoms with Gasteiger partial charge in [0.2, 0.25) is 0 Å². The molecule has 0 saturated carbocycles. The number of ether oxygens (including phenoxy) is 1. The number of hydrogen-bond acceptors (Lipinski definition) is 3. The average Bonchev–Trinajstić information content (AvgIpc) is 2.23. The van der Waals surface area contributed by atoms with E-state index in [2.05, 4.69) is 37.1 Å². The quantitative estimate of drug-likeness (QED) is 0.718. The van der Waals surface area contributed by atoms with Crippen LogP contribution >= 0.6 is 0 Å². The largest absolute Gasteiger partial charge is 0.380 e. The maximum Gasteiger partial charge on any atom is 0.0591 e. The Bertz CT molecular complexity index is 300. The molecule has 0 saturated heterocycles. The third-order valence-electron chi connectivity index (χ3n) is 2.14. The molecule has 1 N–H and O–H groups in total. The molecule has 0 aliphatic carbocycles. The average molecular weight is 222 g/mol. The minimum absolute atomic E-state index is 0.612. The standard InChI is InChI=1S/C13H22N2O/c1-11(2)10-16-5-4-14-8-13-6-12(3)7-15-9-13/h6-7,9,11,14H,4-5,8,10H2,1-3H3. The summed E-state index contributed by atoms with van der Waals surface area (Å²) in [6.45, 7) is 9.74. The molecular weight excluding hydrogens is 200 g/mol. The van der Waals surface area contributed by atoms with Crippen molar-refractivity contribution in [3.8, 4) is 0 Å². The highest BCUT2D eigenvalue weighted by Gasteiger charge is 1.95. The number of aryl methyl sites for hydroxylation is 1. The Balaban J connectivity index is 2.07. The predicted molar refractivity (Wildman–Crippen MR) is 66.3 cm³/mol. The molecule has 3 nitrogen and oxygen atoms in total. The minimum Gasteiger partial charge on any atom is -0.380 e. The first-order valence-corrected chi connectivity index (χ1v) is 5.87. The maximum absolute atomic E-state index is 5.48. The summed E-state index contributed by atoms with van der Waals surface area (Å²) < 4.78 is 5.48. The molecule has 0 aliphatic rings. The Morgan fingerprint density at radius 2 is 2.19 bits per heavy atom. The summed E-state index contributed by atoms with van der Waals surface area (Å²) in [7, 11) is 0. The van der Waals surface area contributed by atoms with Gasteiger partial charge in [-0.15, -0.1) is 0 Å². The Labute approximate surface area is 98.2 Å². The smallest absolute Gasteiger partial charge is 0.0591 e. The summed E-state index contributed by atoms with van der Waals surface area (Å²) in [4.78, 5) is 4.15. The van der Waals surface area contributed by atoms with E-state index in [0.29, 0.717) is 5.92 Å². The van der Waals surface area contributed by atoms with Crippen molar-refractivity contribution in [1.29, 1.82) is 0 Å². The highest BCUT2D eigenvalue weighted by Crippen LogP contribution is 2.00. The van der Waals surface area contributed by atoms with Crippen molar-refractivity contribution < 1.29 is 4.74 Å². The van der Waals surface area contributed by atoms with Crippen molar-refractivity contribution in [2.75, 3.05) is 19.8 Å². The molecule has 1 rings (SSSR count). The van der Waals surface area contributed by atoms with Crippen LogP contribution < -0.4 is 5.32 Å². The van der Waals surface area contributed by atoms with Crippen LogP contribution in [0.4, 0.5) is 0 Å². The van der Waals surface area contributed by atoms with Crippen LogP contribution in [-0.2, 0) is 11.3 Å². The first-order valence-electron chi connectivity index (χ1n) is 5.87. The van der Waals surface area contributed by atoms with Gasteiger partial charge in [0.25, 0.3) is 0 Å². The zero-order valence-corrected chi connectivity index (χ0v) is 10.5. The van der Waals surface area contributed by atoms with Crippen LogP contribution in [0.2, 0.25) is 0 Å². The predicted octanol–water partition coefficient (Wildman–Crippen LogP) is 2.15. The summed E-state index contributed by atoms with van der Waals surface area (Å²) in [5.74, 6) is 0.612. The van der Waals surface area contributed by atoms with E-state index in [4.69, 9.17) is 4.74 Å². The molecule has 0 atom stereocenters. The van der Waals surface area contributed by atoms with E-state index in [1.54, 1.807) is 0 Å². The maximum atomic E-state index is 5.48. The van der Waals surface area contributed by atoms with Crippen molar-refractivity contribution in [3.63, 3.8) is 0 Å². The normalized spacial score (nSPS) is 11.0. The Hall–Kier alpha value is -0.930. The molecule has 1 aromatic rings. The first-order chi connectivity index (χ1) is 7.68. The second-order valence-electron chi connectivity index (χ2n) is 4.52. The molecule has 3 heteroatoms. The highest BCUT2D eigenvalue weighted by atomic mass is 16.5. The zero-order chi connectivity index (χ0) is 11.8. The zero-order valence-electron chi connectivity index (χ0n) is 10.5. The molecule has 0 fully saturated rings. The van der Waals surface area contributed by atoms with E-state index in [-0.39, 0.29) is 0 Å². The Morgan fingerprint density at radius 1 is 1.38 bits per heavy atom. The van der Waals surface area contributed by atoms with E-state index in [0.717, 1.165) is 26.3 Å². The third-order valence-corrected chi connectivity index (χ3v) is 2.14. The van der Waals surface area contributed by atoms with Gasteiger partial charge in [0.05, 0.1) is 6.61 Å². The van der Waals surface area contributed by atoms with Gasteiger partial charge in [-0.2, -0.15) is 0 Å². The monoisotopic (exact) mass is 222 g/mol. The molecule has 0 amide bonds. The summed E-state index contributed by atoms with van der Waals surface area (Å²) in [6, 6.07) is 2.15. The van der Waals surface area contributed by atoms with Crippen molar-refractivity contribution >= 4 is 0 Å². The summed E-state index contributed by atoms with van der Waals surface area (Å²) in [6.07, 6.45) is 3.77. The number of nitrogens with one attached hydrogen (secondary N) is 1. The molecule has 0 bridgehead atoms. The van der Waals surface area contributed by atoms with Crippen LogP contribution in [0.25, 0.3) is 0 Å². The number of rotatable bonds is 7. The van der Waals surface area contributed by atoms with Crippen LogP contribution in [0.15, 0.2) is 18.5 Å². The van der Waals surface area contributed by atoms with Gasteiger partial charge >= 0.3 is 0 Å². The molecule has 0 radical (unpaired) electrons. The van der Waals surface area contributed by atoms with Crippen molar-refractivity contribution in [3.05, 3.63) is 29.6 Å². The van der Waals surface area contributed by atoms with Crippen molar-refractivity contribution in [2.24, 2.45) is 5.92 Å². The van der Waals surface area contributed by atoms with Crippen LogP contribution in [0, 0.1) is 12.8 Å². The van der Waals surface area contributed by atoms with Gasteiger partial charge in [-0.3, -0.25) is 4.98 Å². The number of pyridine rings is 1. The molecule has 1 aromatic heterocycles. The van der Waals surface area contributed by atoms with Gasteiger partial charge in [0, 0.05) is 32.1 Å². The second kappa shape index (κ2) is 7.36. The van der Waals surface area contributed by atoms with Crippen LogP contribution in [0.3, 0.4) is 0 Å². The Kier molecular flexibility index (Phi) is 6.04. The molecule has 0 spiro atoms. The lowest BCUT2D eigenvalue weighted by Gasteiger charge is -2.08. The van der Waals surface area contributed by atoms with Gasteiger partial charge in [-0.1, -0.05) is 19.9 Å². The molecule has 1 heterocycles. The fraction of sp³-hybridized carbons (Fsp3) is 0.615. The lowest BCUT2D eigenvalue weighted by molar-refractivity contribution is 0.111. The van der Waals surface area contributed by atoms with E-state index >= 15 is 0 Å². The lowest BCUT2D eigenvalue weighted by atomic mass is 10.2. The molecule has 0 unspecified atom stereocenters. The summed E-state index contributed by atoms with van der Waals surface area (Å²) in [5, 5.41) is 3.34. The minimum atomic E-state index is 0.612. The van der Waals surface area contributed by atoms with Crippen molar-refractivity contribution in [1.82, 2.24) is 10.3 Å². The van der Waals surface area contributed by atoms with Crippen LogP contribution in [-0.4, -0.2) is 24.7 Å². The summed E-state index contributed by atoms with van der Waals surface area (Å²) in [5.41, 5.74) is 2.43. The van der Waals surface area contributed by atoms with Gasteiger partial charge in [-0.05, 0) is 24.0 Å². The number of aromatic nitrogens is 1. The SMILES string of the molecule is Cc1cncc(CNCCOCC(C)C)c1. The number of hydrogen-bond donors (Lipinski definition) is 1. The topological polar surface area (TPSA) is 34.2 Å². The fourth-order valence-electron chi connectivity index (χ4n) is 1.41. The van der Waals surface area contributed by atoms with E-state index in [1.165, 1.54) is 11.1 Å². The molecule has 0 aliphatic heterocycles. The lowest BCUT2D eigenvalue weighted by Crippen LogP contribution is -2.20. The molecule has 0 aromatic carbocycles. The van der Waals surface area contributed by atoms with Gasteiger partial charge in [-0.25, -0.2) is 0 Å². The van der Waals surface area contributed by atoms with E-state index < -0.39 is 0 Å². The van der Waals surface area contributed by atoms with Gasteiger partial charge in [0.15, 0.2) is 0 Å². The molecule has 90 valence electrons. The first kappa shape index (κ1) is 13.1. The number of nitrogens with zero attached hydrogens (tertiary/aromatic N) is 1. The van der Waals surface area contributed by atoms with Gasteiger partial charge < -0.3 is 10.1 Å².